The average molecular weight is 302 g/mol. The highest BCUT2D eigenvalue weighted by molar-refractivity contribution is 5.82. The first kappa shape index (κ1) is 13.3. The molecule has 116 valence electrons. The number of anilines is 1. The summed E-state index contributed by atoms with van der Waals surface area (Å²) in [6.07, 6.45) is 7.07. The summed E-state index contributed by atoms with van der Waals surface area (Å²) < 4.78 is 0. The highest BCUT2D eigenvalue weighted by atomic mass is 16.4. The summed E-state index contributed by atoms with van der Waals surface area (Å²) in [5, 5.41) is 12.9. The second-order valence-electron chi connectivity index (χ2n) is 6.14. The normalized spacial score (nSPS) is 27.3. The van der Waals surface area contributed by atoms with Crippen LogP contribution in [0, 0.1) is 0 Å². The lowest BCUT2D eigenvalue weighted by Crippen LogP contribution is -2.56. The van der Waals surface area contributed by atoms with Crippen molar-refractivity contribution in [1.82, 2.24) is 24.8 Å². The molecule has 2 aliphatic heterocycles. The largest absolute Gasteiger partial charge is 0.465 e. The molecule has 0 aromatic carbocycles. The van der Waals surface area contributed by atoms with Crippen molar-refractivity contribution in [3.05, 3.63) is 12.7 Å². The minimum absolute atomic E-state index is 0.172. The summed E-state index contributed by atoms with van der Waals surface area (Å²) in [6, 6.07) is 0.172. The zero-order chi connectivity index (χ0) is 15.2. The van der Waals surface area contributed by atoms with Gasteiger partial charge in [0, 0.05) is 12.6 Å². The van der Waals surface area contributed by atoms with Gasteiger partial charge in [0.1, 0.15) is 11.8 Å². The van der Waals surface area contributed by atoms with Crippen LogP contribution < -0.4 is 5.32 Å². The molecule has 3 N–H and O–H groups in total. The molecule has 2 aromatic heterocycles. The molecule has 8 nitrogen and oxygen atoms in total. The van der Waals surface area contributed by atoms with Crippen LogP contribution in [-0.2, 0) is 0 Å². The van der Waals surface area contributed by atoms with E-state index in [-0.39, 0.29) is 11.6 Å². The van der Waals surface area contributed by atoms with E-state index in [2.05, 4.69) is 25.3 Å². The third-order valence-electron chi connectivity index (χ3n) is 5.01. The van der Waals surface area contributed by atoms with Crippen LogP contribution in [-0.4, -0.2) is 54.2 Å². The fourth-order valence-corrected chi connectivity index (χ4v) is 4.03. The van der Waals surface area contributed by atoms with E-state index >= 15 is 0 Å². The molecule has 2 aromatic rings. The van der Waals surface area contributed by atoms with Crippen LogP contribution in [0.3, 0.4) is 0 Å². The van der Waals surface area contributed by atoms with Gasteiger partial charge in [0.15, 0.2) is 11.5 Å². The summed E-state index contributed by atoms with van der Waals surface area (Å²) >= 11 is 0. The van der Waals surface area contributed by atoms with Gasteiger partial charge in [0.25, 0.3) is 0 Å². The van der Waals surface area contributed by atoms with E-state index in [0.29, 0.717) is 18.0 Å². The van der Waals surface area contributed by atoms with Crippen molar-refractivity contribution in [3.63, 3.8) is 0 Å². The fourth-order valence-electron chi connectivity index (χ4n) is 4.03. The van der Waals surface area contributed by atoms with Crippen LogP contribution >= 0.6 is 0 Å². The minimum atomic E-state index is -0.807. The SMILES string of the molecule is O=C(O)N1C2CCCC1(CNc1ncnc3nc[nH]c13)CC2. The van der Waals surface area contributed by atoms with E-state index in [1.54, 1.807) is 11.2 Å². The first-order valence-electron chi connectivity index (χ1n) is 7.60. The molecule has 0 aliphatic carbocycles. The molecule has 4 rings (SSSR count). The summed E-state index contributed by atoms with van der Waals surface area (Å²) in [4.78, 5) is 28.8. The third kappa shape index (κ3) is 1.90. The maximum Gasteiger partial charge on any atom is 0.408 e. The van der Waals surface area contributed by atoms with Gasteiger partial charge in [-0.25, -0.2) is 19.7 Å². The lowest BCUT2D eigenvalue weighted by atomic mass is 9.88. The Morgan fingerprint density at radius 1 is 1.41 bits per heavy atom. The van der Waals surface area contributed by atoms with Gasteiger partial charge in [-0.3, -0.25) is 4.90 Å². The average Bonchev–Trinajstić information content (AvgIpc) is 3.07. The molecular formula is C14H18N6O2. The van der Waals surface area contributed by atoms with E-state index in [1.165, 1.54) is 6.33 Å². The van der Waals surface area contributed by atoms with Gasteiger partial charge < -0.3 is 15.4 Å². The Bertz CT molecular complexity index is 712. The number of carbonyl (C=O) groups is 1. The van der Waals surface area contributed by atoms with E-state index < -0.39 is 6.09 Å². The zero-order valence-electron chi connectivity index (χ0n) is 12.1. The molecule has 0 spiro atoms. The van der Waals surface area contributed by atoms with E-state index in [0.717, 1.165) is 37.6 Å². The maximum absolute atomic E-state index is 11.7. The zero-order valence-corrected chi connectivity index (χ0v) is 12.1. The highest BCUT2D eigenvalue weighted by Gasteiger charge is 2.51. The van der Waals surface area contributed by atoms with E-state index in [9.17, 15) is 9.90 Å². The molecule has 2 aliphatic rings. The summed E-state index contributed by atoms with van der Waals surface area (Å²) in [5.74, 6) is 0.677. The second kappa shape index (κ2) is 4.82. The monoisotopic (exact) mass is 302 g/mol. The van der Waals surface area contributed by atoms with Gasteiger partial charge in [-0.05, 0) is 32.1 Å². The molecule has 0 radical (unpaired) electrons. The number of nitrogens with one attached hydrogen (secondary N) is 2. The fraction of sp³-hybridized carbons (Fsp3) is 0.571. The Hall–Kier alpha value is -2.38. The predicted molar refractivity (Wildman–Crippen MR) is 79.6 cm³/mol. The van der Waals surface area contributed by atoms with Crippen molar-refractivity contribution in [2.75, 3.05) is 11.9 Å². The van der Waals surface area contributed by atoms with Crippen LogP contribution in [0.2, 0.25) is 0 Å². The third-order valence-corrected chi connectivity index (χ3v) is 5.01. The molecule has 8 heteroatoms. The Morgan fingerprint density at radius 3 is 3.18 bits per heavy atom. The lowest BCUT2D eigenvalue weighted by Gasteiger charge is -2.43. The second-order valence-corrected chi connectivity index (χ2v) is 6.14. The standard InChI is InChI=1S/C14H18N6O2/c21-13(22)20-9-2-1-4-14(20,5-3-9)6-15-11-10-12(17-7-16-10)19-8-18-11/h7-9H,1-6H2,(H,21,22)(H2,15,16,17,18,19). The van der Waals surface area contributed by atoms with Gasteiger partial charge in [0.05, 0.1) is 11.9 Å². The number of nitrogens with zero attached hydrogens (tertiary/aromatic N) is 4. The summed E-state index contributed by atoms with van der Waals surface area (Å²) in [6.45, 7) is 0.570. The number of H-pyrrole nitrogens is 1. The molecule has 2 fully saturated rings. The Morgan fingerprint density at radius 2 is 2.32 bits per heavy atom. The first-order valence-corrected chi connectivity index (χ1v) is 7.60. The molecular weight excluding hydrogens is 284 g/mol. The molecule has 22 heavy (non-hydrogen) atoms. The number of hydrogen-bond donors (Lipinski definition) is 3. The number of piperidine rings is 1. The quantitative estimate of drug-likeness (QED) is 0.798. The van der Waals surface area contributed by atoms with Crippen molar-refractivity contribution in [3.8, 4) is 0 Å². The molecule has 0 saturated carbocycles. The van der Waals surface area contributed by atoms with Gasteiger partial charge in [0.2, 0.25) is 0 Å². The van der Waals surface area contributed by atoms with Crippen molar-refractivity contribution in [2.45, 2.75) is 43.7 Å². The Kier molecular flexibility index (Phi) is 2.91. The molecule has 2 saturated heterocycles. The molecule has 2 bridgehead atoms. The van der Waals surface area contributed by atoms with Crippen molar-refractivity contribution in [1.29, 1.82) is 0 Å². The van der Waals surface area contributed by atoms with Crippen LogP contribution in [0.5, 0.6) is 0 Å². The van der Waals surface area contributed by atoms with Crippen LogP contribution in [0.4, 0.5) is 10.6 Å². The van der Waals surface area contributed by atoms with Crippen LogP contribution in [0.1, 0.15) is 32.1 Å². The van der Waals surface area contributed by atoms with Crippen molar-refractivity contribution in [2.24, 2.45) is 0 Å². The number of aromatic amines is 1. The molecule has 1 amide bonds. The molecule has 4 heterocycles. The molecule has 2 unspecified atom stereocenters. The Balaban J connectivity index is 1.60. The number of aromatic nitrogens is 4. The lowest BCUT2D eigenvalue weighted by molar-refractivity contribution is 0.0585. The first-order chi connectivity index (χ1) is 10.7. The summed E-state index contributed by atoms with van der Waals surface area (Å²) in [5.41, 5.74) is 1.05. The van der Waals surface area contributed by atoms with Gasteiger partial charge in [-0.15, -0.1) is 0 Å². The Labute approximate surface area is 127 Å². The number of amides is 1. The number of rotatable bonds is 3. The number of imidazole rings is 1. The van der Waals surface area contributed by atoms with Gasteiger partial charge in [-0.1, -0.05) is 0 Å². The van der Waals surface area contributed by atoms with Crippen molar-refractivity contribution < 1.29 is 9.90 Å². The number of fused-ring (bicyclic) bond motifs is 3. The number of hydrogen-bond acceptors (Lipinski definition) is 5. The summed E-state index contributed by atoms with van der Waals surface area (Å²) in [7, 11) is 0. The van der Waals surface area contributed by atoms with Gasteiger partial charge >= 0.3 is 6.09 Å². The van der Waals surface area contributed by atoms with Crippen molar-refractivity contribution >= 4 is 23.1 Å². The van der Waals surface area contributed by atoms with Gasteiger partial charge in [-0.2, -0.15) is 0 Å². The highest BCUT2D eigenvalue weighted by Crippen LogP contribution is 2.44. The predicted octanol–water partition coefficient (Wildman–Crippen LogP) is 1.83. The topological polar surface area (TPSA) is 107 Å². The van der Waals surface area contributed by atoms with E-state index in [4.69, 9.17) is 0 Å². The minimum Gasteiger partial charge on any atom is -0.465 e. The van der Waals surface area contributed by atoms with Crippen LogP contribution in [0.15, 0.2) is 12.7 Å². The van der Waals surface area contributed by atoms with Crippen LogP contribution in [0.25, 0.3) is 11.2 Å². The smallest absolute Gasteiger partial charge is 0.408 e. The maximum atomic E-state index is 11.7. The molecule has 2 atom stereocenters. The number of carboxylic acid groups (broad SMARTS) is 1. The van der Waals surface area contributed by atoms with E-state index in [1.807, 2.05) is 0 Å².